The summed E-state index contributed by atoms with van der Waals surface area (Å²) in [6, 6.07) is 6.05. The zero-order valence-electron chi connectivity index (χ0n) is 11.9. The zero-order chi connectivity index (χ0) is 14.8. The number of nitrogens with zero attached hydrogens (tertiary/aromatic N) is 1. The topological polar surface area (TPSA) is 63.4 Å². The number of non-ortho nitro benzene ring substituents is 1. The van der Waals surface area contributed by atoms with Crippen LogP contribution in [-0.2, 0) is 0 Å². The summed E-state index contributed by atoms with van der Waals surface area (Å²) in [7, 11) is -1.51. The van der Waals surface area contributed by atoms with Crippen LogP contribution in [-0.4, -0.2) is 18.1 Å². The molecule has 0 aromatic heterocycles. The van der Waals surface area contributed by atoms with Crippen molar-refractivity contribution in [2.45, 2.75) is 32.7 Å². The lowest BCUT2D eigenvalue weighted by Crippen LogP contribution is -2.30. The van der Waals surface area contributed by atoms with Crippen LogP contribution in [0, 0.1) is 16.0 Å². The van der Waals surface area contributed by atoms with Crippen molar-refractivity contribution in [2.24, 2.45) is 5.92 Å². The fraction of sp³-hybridized carbons (Fsp3) is 0.429. The highest BCUT2D eigenvalue weighted by Gasteiger charge is 2.27. The van der Waals surface area contributed by atoms with Crippen molar-refractivity contribution >= 4 is 13.8 Å². The first-order valence-electron chi connectivity index (χ1n) is 6.26. The van der Waals surface area contributed by atoms with Crippen molar-refractivity contribution in [2.75, 3.05) is 0 Å². The minimum absolute atomic E-state index is 0.0348. The average Bonchev–Trinajstić information content (AvgIpc) is 2.35. The van der Waals surface area contributed by atoms with Gasteiger partial charge in [-0.05, 0) is 17.7 Å². The SMILES string of the molecule is C=C([C@H](C)[C@@H](O)c1ccc([N+](=O)[O-])cc1)[Si](C)(C)C. The molecule has 19 heavy (non-hydrogen) atoms. The van der Waals surface area contributed by atoms with E-state index in [0.717, 1.165) is 5.20 Å². The Bertz CT molecular complexity index is 476. The molecule has 1 rings (SSSR count). The summed E-state index contributed by atoms with van der Waals surface area (Å²) >= 11 is 0. The molecule has 0 fully saturated rings. The second kappa shape index (κ2) is 5.67. The Labute approximate surface area is 114 Å². The first-order valence-corrected chi connectivity index (χ1v) is 9.76. The van der Waals surface area contributed by atoms with Gasteiger partial charge in [0.15, 0.2) is 0 Å². The standard InChI is InChI=1S/C14H21NO3Si/c1-10(11(2)19(3,4)5)14(16)12-6-8-13(9-7-12)15(17)18/h6-10,14,16H,2H2,1,3-5H3/t10-,14+/m0/s1. The van der Waals surface area contributed by atoms with Crippen LogP contribution < -0.4 is 0 Å². The normalized spacial score (nSPS) is 14.8. The van der Waals surface area contributed by atoms with E-state index in [9.17, 15) is 15.2 Å². The summed E-state index contributed by atoms with van der Waals surface area (Å²) in [6.45, 7) is 12.6. The predicted octanol–water partition coefficient (Wildman–Crippen LogP) is 3.70. The molecule has 0 heterocycles. The van der Waals surface area contributed by atoms with Crippen LogP contribution in [0.25, 0.3) is 0 Å². The van der Waals surface area contributed by atoms with Gasteiger partial charge in [0.1, 0.15) is 0 Å². The maximum Gasteiger partial charge on any atom is 0.269 e. The molecule has 1 N–H and O–H groups in total. The van der Waals surface area contributed by atoms with Gasteiger partial charge >= 0.3 is 0 Å². The van der Waals surface area contributed by atoms with Crippen LogP contribution in [0.4, 0.5) is 5.69 Å². The van der Waals surface area contributed by atoms with E-state index in [2.05, 4.69) is 26.2 Å². The molecule has 4 nitrogen and oxygen atoms in total. The minimum atomic E-state index is -1.51. The molecule has 0 unspecified atom stereocenters. The third-order valence-electron chi connectivity index (χ3n) is 3.43. The van der Waals surface area contributed by atoms with Crippen molar-refractivity contribution in [3.05, 3.63) is 51.7 Å². The molecule has 2 atom stereocenters. The lowest BCUT2D eigenvalue weighted by Gasteiger charge is -2.29. The van der Waals surface area contributed by atoms with Crippen molar-refractivity contribution in [3.8, 4) is 0 Å². The third-order valence-corrected chi connectivity index (χ3v) is 5.81. The van der Waals surface area contributed by atoms with Crippen LogP contribution in [0.5, 0.6) is 0 Å². The second-order valence-electron chi connectivity index (χ2n) is 5.86. The molecular weight excluding hydrogens is 258 g/mol. The second-order valence-corrected chi connectivity index (χ2v) is 11.0. The Morgan fingerprint density at radius 2 is 1.79 bits per heavy atom. The molecule has 0 bridgehead atoms. The van der Waals surface area contributed by atoms with E-state index >= 15 is 0 Å². The summed E-state index contributed by atoms with van der Waals surface area (Å²) in [6.07, 6.45) is -0.667. The van der Waals surface area contributed by atoms with E-state index in [1.165, 1.54) is 12.1 Å². The minimum Gasteiger partial charge on any atom is -0.388 e. The number of aliphatic hydroxyl groups excluding tert-OH is 1. The molecule has 0 saturated carbocycles. The number of hydrogen-bond donors (Lipinski definition) is 1. The van der Waals surface area contributed by atoms with Gasteiger partial charge in [0.2, 0.25) is 0 Å². The highest BCUT2D eigenvalue weighted by molar-refractivity contribution is 6.83. The molecule has 0 amide bonds. The number of nitro groups is 1. The predicted molar refractivity (Wildman–Crippen MR) is 79.7 cm³/mol. The average molecular weight is 279 g/mol. The molecule has 104 valence electrons. The monoisotopic (exact) mass is 279 g/mol. The Hall–Kier alpha value is -1.46. The molecule has 1 aromatic rings. The van der Waals surface area contributed by atoms with Gasteiger partial charge in [-0.3, -0.25) is 10.1 Å². The van der Waals surface area contributed by atoms with Gasteiger partial charge in [0.25, 0.3) is 5.69 Å². The van der Waals surface area contributed by atoms with Gasteiger partial charge in [0.05, 0.1) is 19.1 Å². The van der Waals surface area contributed by atoms with Gasteiger partial charge in [-0.15, -0.1) is 6.58 Å². The fourth-order valence-electron chi connectivity index (χ4n) is 1.96. The Morgan fingerprint density at radius 1 is 1.32 bits per heavy atom. The molecule has 0 radical (unpaired) electrons. The smallest absolute Gasteiger partial charge is 0.269 e. The molecule has 0 spiro atoms. The maximum absolute atomic E-state index is 10.6. The number of benzene rings is 1. The summed E-state index contributed by atoms with van der Waals surface area (Å²) in [5, 5.41) is 22.0. The summed E-state index contributed by atoms with van der Waals surface area (Å²) in [5.41, 5.74) is 0.727. The number of rotatable bonds is 5. The maximum atomic E-state index is 10.6. The zero-order valence-corrected chi connectivity index (χ0v) is 12.9. The Kier molecular flexibility index (Phi) is 4.65. The van der Waals surface area contributed by atoms with Crippen LogP contribution in [0.2, 0.25) is 19.6 Å². The van der Waals surface area contributed by atoms with E-state index in [-0.39, 0.29) is 11.6 Å². The quantitative estimate of drug-likeness (QED) is 0.508. The number of hydrogen-bond acceptors (Lipinski definition) is 3. The van der Waals surface area contributed by atoms with Crippen molar-refractivity contribution in [1.29, 1.82) is 0 Å². The molecule has 5 heteroatoms. The largest absolute Gasteiger partial charge is 0.388 e. The highest BCUT2D eigenvalue weighted by Crippen LogP contribution is 2.32. The molecule has 0 aliphatic heterocycles. The first kappa shape index (κ1) is 15.6. The van der Waals surface area contributed by atoms with E-state index < -0.39 is 19.1 Å². The van der Waals surface area contributed by atoms with E-state index in [1.54, 1.807) is 12.1 Å². The summed E-state index contributed by atoms with van der Waals surface area (Å²) in [5.74, 6) is -0.0480. The van der Waals surface area contributed by atoms with Gasteiger partial charge < -0.3 is 5.11 Å². The van der Waals surface area contributed by atoms with Gasteiger partial charge in [0, 0.05) is 18.1 Å². The van der Waals surface area contributed by atoms with E-state index in [1.807, 2.05) is 6.92 Å². The van der Waals surface area contributed by atoms with Crippen LogP contribution in [0.3, 0.4) is 0 Å². The third kappa shape index (κ3) is 3.75. The Morgan fingerprint density at radius 3 is 2.16 bits per heavy atom. The molecule has 0 aliphatic rings. The molecule has 1 aromatic carbocycles. The van der Waals surface area contributed by atoms with Crippen molar-refractivity contribution in [3.63, 3.8) is 0 Å². The van der Waals surface area contributed by atoms with E-state index in [4.69, 9.17) is 0 Å². The van der Waals surface area contributed by atoms with Gasteiger partial charge in [-0.2, -0.15) is 0 Å². The molecule has 0 aliphatic carbocycles. The van der Waals surface area contributed by atoms with Crippen molar-refractivity contribution < 1.29 is 10.0 Å². The fourth-order valence-corrected chi connectivity index (χ4v) is 3.48. The van der Waals surface area contributed by atoms with Gasteiger partial charge in [-0.25, -0.2) is 0 Å². The molecule has 0 saturated heterocycles. The number of aliphatic hydroxyl groups is 1. The van der Waals surface area contributed by atoms with Crippen molar-refractivity contribution in [1.82, 2.24) is 0 Å². The Balaban J connectivity index is 2.91. The van der Waals surface area contributed by atoms with Crippen LogP contribution in [0.1, 0.15) is 18.6 Å². The first-order chi connectivity index (χ1) is 8.64. The van der Waals surface area contributed by atoms with Crippen LogP contribution in [0.15, 0.2) is 36.0 Å². The molecular formula is C14H21NO3Si. The van der Waals surface area contributed by atoms with Crippen LogP contribution >= 0.6 is 0 Å². The lowest BCUT2D eigenvalue weighted by molar-refractivity contribution is -0.384. The number of nitro benzene ring substituents is 1. The summed E-state index contributed by atoms with van der Waals surface area (Å²) in [4.78, 5) is 10.1. The lowest BCUT2D eigenvalue weighted by atomic mass is 9.97. The highest BCUT2D eigenvalue weighted by atomic mass is 28.3. The van der Waals surface area contributed by atoms with E-state index in [0.29, 0.717) is 5.56 Å². The van der Waals surface area contributed by atoms with Gasteiger partial charge in [-0.1, -0.05) is 31.8 Å². The summed E-state index contributed by atoms with van der Waals surface area (Å²) < 4.78 is 0.